The van der Waals surface area contributed by atoms with Crippen LogP contribution in [0.1, 0.15) is 5.56 Å². The smallest absolute Gasteiger partial charge is 0.175 e. The zero-order valence-electron chi connectivity index (χ0n) is 11.3. The number of rotatable bonds is 2. The Morgan fingerprint density at radius 2 is 1.41 bits per heavy atom. The van der Waals surface area contributed by atoms with Crippen LogP contribution >= 0.6 is 58.0 Å². The molecule has 22 heavy (non-hydrogen) atoms. The van der Waals surface area contributed by atoms with Gasteiger partial charge in [0.1, 0.15) is 0 Å². The van der Waals surface area contributed by atoms with Gasteiger partial charge in [-0.1, -0.05) is 58.0 Å². The molecule has 0 unspecified atom stereocenters. The van der Waals surface area contributed by atoms with Gasteiger partial charge in [0.15, 0.2) is 9.84 Å². The van der Waals surface area contributed by atoms with E-state index in [2.05, 4.69) is 0 Å². The lowest BCUT2D eigenvalue weighted by Crippen LogP contribution is -2.01. The molecule has 0 aromatic heterocycles. The Morgan fingerprint density at radius 1 is 0.818 bits per heavy atom. The van der Waals surface area contributed by atoms with Gasteiger partial charge in [-0.05, 0) is 36.2 Å². The third kappa shape index (κ3) is 3.35. The molecule has 118 valence electrons. The van der Waals surface area contributed by atoms with E-state index in [1.807, 2.05) is 0 Å². The normalized spacial score (nSPS) is 11.8. The average Bonchev–Trinajstić information content (AvgIpc) is 2.42. The predicted octanol–water partition coefficient (Wildman–Crippen LogP) is 6.33. The standard InChI is InChI=1S/C14H9Cl5O2S/c1-6-9(15)3-7(4-11(6)22(2,20)21)8-5-10(16)13(18)14(19)12(8)17/h3-5H,1-2H3. The van der Waals surface area contributed by atoms with Crippen LogP contribution in [0.4, 0.5) is 0 Å². The maximum absolute atomic E-state index is 11.9. The Morgan fingerprint density at radius 3 is 1.95 bits per heavy atom. The molecule has 8 heteroatoms. The van der Waals surface area contributed by atoms with Crippen molar-refractivity contribution in [1.82, 2.24) is 0 Å². The fraction of sp³-hybridized carbons (Fsp3) is 0.143. The van der Waals surface area contributed by atoms with Crippen molar-refractivity contribution >= 4 is 67.8 Å². The first-order valence-electron chi connectivity index (χ1n) is 5.87. The van der Waals surface area contributed by atoms with E-state index >= 15 is 0 Å². The highest BCUT2D eigenvalue weighted by atomic mass is 35.5. The van der Waals surface area contributed by atoms with Crippen molar-refractivity contribution in [1.29, 1.82) is 0 Å². The average molecular weight is 419 g/mol. The van der Waals surface area contributed by atoms with Crippen LogP contribution in [0.3, 0.4) is 0 Å². The topological polar surface area (TPSA) is 34.1 Å². The Balaban J connectivity index is 2.83. The maximum atomic E-state index is 11.9. The summed E-state index contributed by atoms with van der Waals surface area (Å²) in [6, 6.07) is 4.61. The monoisotopic (exact) mass is 416 g/mol. The van der Waals surface area contributed by atoms with E-state index in [1.165, 1.54) is 12.1 Å². The van der Waals surface area contributed by atoms with E-state index < -0.39 is 9.84 Å². The molecule has 0 aliphatic carbocycles. The summed E-state index contributed by atoms with van der Waals surface area (Å²) in [5, 5.41) is 0.928. The summed E-state index contributed by atoms with van der Waals surface area (Å²) in [6.07, 6.45) is 1.11. The van der Waals surface area contributed by atoms with Crippen molar-refractivity contribution in [2.24, 2.45) is 0 Å². The van der Waals surface area contributed by atoms with Crippen LogP contribution in [0.5, 0.6) is 0 Å². The first-order valence-corrected chi connectivity index (χ1v) is 9.65. The zero-order valence-corrected chi connectivity index (χ0v) is 15.9. The molecule has 2 aromatic carbocycles. The molecule has 0 radical (unpaired) electrons. The van der Waals surface area contributed by atoms with E-state index in [4.69, 9.17) is 58.0 Å². The summed E-state index contributed by atoms with van der Waals surface area (Å²) in [4.78, 5) is 0.119. The zero-order chi connectivity index (χ0) is 16.8. The van der Waals surface area contributed by atoms with Gasteiger partial charge in [0.05, 0.1) is 25.0 Å². The quantitative estimate of drug-likeness (QED) is 0.422. The van der Waals surface area contributed by atoms with Crippen LogP contribution in [-0.2, 0) is 9.84 Å². The molecule has 2 rings (SSSR count). The first-order chi connectivity index (χ1) is 10.0. The Hall–Kier alpha value is -0.160. The minimum Gasteiger partial charge on any atom is -0.224 e. The van der Waals surface area contributed by atoms with Crippen LogP contribution in [0.15, 0.2) is 23.1 Å². The lowest BCUT2D eigenvalue weighted by atomic mass is 10.0. The summed E-state index contributed by atoms with van der Waals surface area (Å²) in [5.41, 5.74) is 1.41. The maximum Gasteiger partial charge on any atom is 0.175 e. The van der Waals surface area contributed by atoms with Crippen molar-refractivity contribution in [2.45, 2.75) is 11.8 Å². The number of halogens is 5. The van der Waals surface area contributed by atoms with Gasteiger partial charge in [0, 0.05) is 16.8 Å². The minimum atomic E-state index is -3.45. The van der Waals surface area contributed by atoms with Gasteiger partial charge in [0.25, 0.3) is 0 Å². The summed E-state index contributed by atoms with van der Waals surface area (Å²) in [7, 11) is -3.45. The van der Waals surface area contributed by atoms with E-state index in [9.17, 15) is 8.42 Å². The number of sulfone groups is 1. The third-order valence-electron chi connectivity index (χ3n) is 3.11. The molecule has 0 N–H and O–H groups in total. The number of hydrogen-bond acceptors (Lipinski definition) is 2. The molecule has 2 nitrogen and oxygen atoms in total. The first kappa shape index (κ1) is 18.2. The molecule has 0 aliphatic heterocycles. The van der Waals surface area contributed by atoms with Crippen molar-refractivity contribution < 1.29 is 8.42 Å². The summed E-state index contributed by atoms with van der Waals surface area (Å²) >= 11 is 30.3. The van der Waals surface area contributed by atoms with Gasteiger partial charge >= 0.3 is 0 Å². The van der Waals surface area contributed by atoms with Crippen molar-refractivity contribution in [3.63, 3.8) is 0 Å². The van der Waals surface area contributed by atoms with E-state index in [-0.39, 0.29) is 25.0 Å². The number of hydrogen-bond donors (Lipinski definition) is 0. The fourth-order valence-electron chi connectivity index (χ4n) is 1.98. The van der Waals surface area contributed by atoms with Crippen LogP contribution < -0.4 is 0 Å². The molecule has 0 bridgehead atoms. The third-order valence-corrected chi connectivity index (χ3v) is 6.48. The molecule has 0 saturated carbocycles. The molecule has 0 fully saturated rings. The second-order valence-corrected chi connectivity index (χ2v) is 8.63. The highest BCUT2D eigenvalue weighted by Gasteiger charge is 2.19. The SMILES string of the molecule is Cc1c(Cl)cc(-c2cc(Cl)c(Cl)c(Cl)c2Cl)cc1S(C)(=O)=O. The molecule has 0 amide bonds. The van der Waals surface area contributed by atoms with Gasteiger partial charge in [-0.25, -0.2) is 8.42 Å². The van der Waals surface area contributed by atoms with Crippen molar-refractivity contribution in [3.8, 4) is 11.1 Å². The molecular formula is C14H9Cl5O2S. The predicted molar refractivity (Wildman–Crippen MR) is 94.8 cm³/mol. The number of benzene rings is 2. The Kier molecular flexibility index (Phi) is 5.28. The second kappa shape index (κ2) is 6.39. The highest BCUT2D eigenvalue weighted by molar-refractivity contribution is 7.90. The summed E-state index contributed by atoms with van der Waals surface area (Å²) < 4.78 is 23.8. The molecule has 0 aliphatic rings. The largest absolute Gasteiger partial charge is 0.224 e. The second-order valence-electron chi connectivity index (χ2n) is 4.70. The van der Waals surface area contributed by atoms with E-state index in [0.717, 1.165) is 6.26 Å². The molecule has 0 atom stereocenters. The van der Waals surface area contributed by atoms with Crippen molar-refractivity contribution in [3.05, 3.63) is 48.9 Å². The summed E-state index contributed by atoms with van der Waals surface area (Å²) in [6.45, 7) is 1.63. The van der Waals surface area contributed by atoms with Crippen LogP contribution in [0.2, 0.25) is 25.1 Å². The van der Waals surface area contributed by atoms with E-state index in [0.29, 0.717) is 21.7 Å². The van der Waals surface area contributed by atoms with Gasteiger partial charge < -0.3 is 0 Å². The fourth-order valence-corrected chi connectivity index (χ4v) is 4.17. The van der Waals surface area contributed by atoms with E-state index in [1.54, 1.807) is 13.0 Å². The highest BCUT2D eigenvalue weighted by Crippen LogP contribution is 2.43. The molecule has 0 heterocycles. The Bertz CT molecular complexity index is 876. The molecule has 0 spiro atoms. The molecule has 2 aromatic rings. The van der Waals surface area contributed by atoms with Crippen molar-refractivity contribution in [2.75, 3.05) is 6.26 Å². The Labute approximate surface area is 153 Å². The van der Waals surface area contributed by atoms with Crippen LogP contribution in [-0.4, -0.2) is 14.7 Å². The lowest BCUT2D eigenvalue weighted by Gasteiger charge is -2.13. The molecular weight excluding hydrogens is 409 g/mol. The minimum absolute atomic E-state index is 0.100. The van der Waals surface area contributed by atoms with Crippen LogP contribution in [0, 0.1) is 6.92 Å². The van der Waals surface area contributed by atoms with Gasteiger partial charge in [-0.2, -0.15) is 0 Å². The summed E-state index contributed by atoms with van der Waals surface area (Å²) in [5.74, 6) is 0. The van der Waals surface area contributed by atoms with Gasteiger partial charge in [-0.3, -0.25) is 0 Å². The van der Waals surface area contributed by atoms with Gasteiger partial charge in [0.2, 0.25) is 0 Å². The lowest BCUT2D eigenvalue weighted by molar-refractivity contribution is 0.601. The molecule has 0 saturated heterocycles. The van der Waals surface area contributed by atoms with Crippen LogP contribution in [0.25, 0.3) is 11.1 Å². The van der Waals surface area contributed by atoms with Gasteiger partial charge in [-0.15, -0.1) is 0 Å².